The van der Waals surface area contributed by atoms with Crippen LogP contribution in [0.4, 0.5) is 0 Å². The number of halogens is 1. The summed E-state index contributed by atoms with van der Waals surface area (Å²) in [7, 11) is 0. The summed E-state index contributed by atoms with van der Waals surface area (Å²) >= 11 is 4.72. The van der Waals surface area contributed by atoms with Crippen molar-refractivity contribution in [3.8, 4) is 11.1 Å². The highest BCUT2D eigenvalue weighted by atomic mass is 35.5. The average molecular weight is 428 g/mol. The first-order valence-electron chi connectivity index (χ1n) is 9.07. The van der Waals surface area contributed by atoms with Gasteiger partial charge in [-0.15, -0.1) is 0 Å². The summed E-state index contributed by atoms with van der Waals surface area (Å²) in [6, 6.07) is 14.3. The van der Waals surface area contributed by atoms with E-state index in [-0.39, 0.29) is 11.1 Å². The highest BCUT2D eigenvalue weighted by molar-refractivity contribution is 7.89. The third kappa shape index (κ3) is 4.07. The van der Waals surface area contributed by atoms with Gasteiger partial charge in [0.25, 0.3) is 11.8 Å². The third-order valence-electron chi connectivity index (χ3n) is 4.87. The van der Waals surface area contributed by atoms with E-state index in [1.165, 1.54) is 6.26 Å². The van der Waals surface area contributed by atoms with Crippen LogP contribution in [0.5, 0.6) is 0 Å². The van der Waals surface area contributed by atoms with Gasteiger partial charge in [0.1, 0.15) is 11.4 Å². The Kier molecular flexibility index (Phi) is 5.45. The van der Waals surface area contributed by atoms with Crippen molar-refractivity contribution in [2.45, 2.75) is 6.42 Å². The molecule has 0 aliphatic carbocycles. The molecule has 0 saturated carbocycles. The van der Waals surface area contributed by atoms with Gasteiger partial charge in [0.15, 0.2) is 0 Å². The molecular formula is C21H18ClN3O3S. The number of pyridine rings is 1. The fourth-order valence-electron chi connectivity index (χ4n) is 3.24. The summed E-state index contributed by atoms with van der Waals surface area (Å²) in [5.74, 6) is -0.431. The van der Waals surface area contributed by atoms with E-state index >= 15 is 0 Å². The summed E-state index contributed by atoms with van der Waals surface area (Å²) < 4.78 is 13.5. The molecule has 1 aliphatic heterocycles. The molecule has 1 aliphatic rings. The molecular weight excluding hydrogens is 410 g/mol. The van der Waals surface area contributed by atoms with Crippen LogP contribution in [0.1, 0.15) is 27.1 Å². The van der Waals surface area contributed by atoms with Gasteiger partial charge in [0.05, 0.1) is 22.4 Å². The van der Waals surface area contributed by atoms with Crippen molar-refractivity contribution in [2.75, 3.05) is 19.3 Å². The smallest absolute Gasteiger partial charge is 0.292 e. The van der Waals surface area contributed by atoms with E-state index in [2.05, 4.69) is 9.71 Å². The summed E-state index contributed by atoms with van der Waals surface area (Å²) in [5.41, 5.74) is 3.41. The molecule has 0 bridgehead atoms. The fourth-order valence-corrected chi connectivity index (χ4v) is 3.82. The molecule has 8 heteroatoms. The van der Waals surface area contributed by atoms with Gasteiger partial charge in [-0.05, 0) is 47.9 Å². The first kappa shape index (κ1) is 19.7. The number of hydrogen-bond donors (Lipinski definition) is 1. The van der Waals surface area contributed by atoms with Gasteiger partial charge < -0.3 is 9.45 Å². The Hall–Kier alpha value is -2.61. The molecule has 1 aromatic heterocycles. The lowest BCUT2D eigenvalue weighted by atomic mass is 9.99. The lowest BCUT2D eigenvalue weighted by Crippen LogP contribution is -2.42. The Balaban J connectivity index is 1.70. The molecule has 1 N–H and O–H groups in total. The van der Waals surface area contributed by atoms with Crippen LogP contribution in [0.25, 0.3) is 22.0 Å². The molecule has 1 fully saturated rings. The number of amides is 2. The Morgan fingerprint density at radius 2 is 1.79 bits per heavy atom. The highest BCUT2D eigenvalue weighted by Gasteiger charge is 2.24. The molecule has 29 heavy (non-hydrogen) atoms. The first-order valence-corrected chi connectivity index (χ1v) is 11.0. The Labute approximate surface area is 176 Å². The average Bonchev–Trinajstić information content (AvgIpc) is 2.65. The van der Waals surface area contributed by atoms with Crippen LogP contribution in [0.2, 0.25) is 5.15 Å². The number of carbonyl (C=O) groups is 2. The van der Waals surface area contributed by atoms with Crippen LogP contribution in [-0.4, -0.2) is 45.6 Å². The summed E-state index contributed by atoms with van der Waals surface area (Å²) in [6.45, 7) is 1.51. The normalized spacial score (nSPS) is 14.4. The number of hydrogen-bond acceptors (Lipinski definition) is 4. The van der Waals surface area contributed by atoms with Crippen LogP contribution < -0.4 is 4.72 Å². The van der Waals surface area contributed by atoms with E-state index < -0.39 is 17.3 Å². The number of nitrogens with zero attached hydrogens (tertiary/aromatic N) is 2. The van der Waals surface area contributed by atoms with Gasteiger partial charge in [-0.1, -0.05) is 29.8 Å². The van der Waals surface area contributed by atoms with Crippen LogP contribution in [-0.2, 0) is 11.4 Å². The molecule has 0 radical (unpaired) electrons. The minimum absolute atomic E-state index is 0.0396. The molecule has 2 heterocycles. The van der Waals surface area contributed by atoms with Crippen LogP contribution in [0, 0.1) is 0 Å². The molecule has 2 aromatic carbocycles. The topological polar surface area (TPSA) is 85.4 Å². The number of benzene rings is 2. The minimum Gasteiger partial charge on any atom is -0.593 e. The second kappa shape index (κ2) is 8.02. The quantitative estimate of drug-likeness (QED) is 0.510. The monoisotopic (exact) mass is 427 g/mol. The van der Waals surface area contributed by atoms with E-state index in [1.807, 2.05) is 30.3 Å². The number of fused-ring (bicyclic) bond motifs is 1. The first-order chi connectivity index (χ1) is 13.9. The maximum Gasteiger partial charge on any atom is 0.292 e. The van der Waals surface area contributed by atoms with E-state index in [1.54, 1.807) is 23.1 Å². The van der Waals surface area contributed by atoms with Gasteiger partial charge in [0.2, 0.25) is 0 Å². The Morgan fingerprint density at radius 1 is 1.10 bits per heavy atom. The van der Waals surface area contributed by atoms with E-state index in [0.717, 1.165) is 36.0 Å². The van der Waals surface area contributed by atoms with Crippen molar-refractivity contribution in [1.29, 1.82) is 0 Å². The van der Waals surface area contributed by atoms with Crippen LogP contribution in [0.3, 0.4) is 0 Å². The minimum atomic E-state index is -1.42. The SMILES string of the molecule is C[S+]([O-])NC(=O)c1ccc(-c2ccc3nc(Cl)cc(C(=O)N4CCC4)c3c2)cc1. The summed E-state index contributed by atoms with van der Waals surface area (Å²) in [4.78, 5) is 30.9. The zero-order valence-electron chi connectivity index (χ0n) is 15.6. The fraction of sp³-hybridized carbons (Fsp3) is 0.190. The number of likely N-dealkylation sites (tertiary alicyclic amines) is 1. The molecule has 1 atom stereocenters. The summed E-state index contributed by atoms with van der Waals surface area (Å²) in [6.07, 6.45) is 2.42. The van der Waals surface area contributed by atoms with Crippen molar-refractivity contribution in [3.05, 3.63) is 64.8 Å². The molecule has 6 nitrogen and oxygen atoms in total. The Bertz CT molecular complexity index is 1100. The number of carbonyl (C=O) groups excluding carboxylic acids is 2. The molecule has 2 amide bonds. The largest absolute Gasteiger partial charge is 0.593 e. The van der Waals surface area contributed by atoms with Crippen molar-refractivity contribution in [1.82, 2.24) is 14.6 Å². The second-order valence-electron chi connectivity index (χ2n) is 6.83. The lowest BCUT2D eigenvalue weighted by molar-refractivity contribution is 0.0653. The number of aromatic nitrogens is 1. The van der Waals surface area contributed by atoms with E-state index in [4.69, 9.17) is 11.6 Å². The highest BCUT2D eigenvalue weighted by Crippen LogP contribution is 2.29. The van der Waals surface area contributed by atoms with Gasteiger partial charge in [-0.25, -0.2) is 4.98 Å². The Morgan fingerprint density at radius 3 is 2.41 bits per heavy atom. The lowest BCUT2D eigenvalue weighted by Gasteiger charge is -2.31. The van der Waals surface area contributed by atoms with Crippen molar-refractivity contribution in [3.63, 3.8) is 0 Å². The van der Waals surface area contributed by atoms with Gasteiger partial charge in [-0.3, -0.25) is 9.59 Å². The molecule has 1 unspecified atom stereocenters. The van der Waals surface area contributed by atoms with Gasteiger partial charge in [0, 0.05) is 24.0 Å². The second-order valence-corrected chi connectivity index (χ2v) is 8.33. The van der Waals surface area contributed by atoms with Gasteiger partial charge >= 0.3 is 0 Å². The molecule has 1 saturated heterocycles. The predicted octanol–water partition coefficient (Wildman–Crippen LogP) is 3.42. The molecule has 0 spiro atoms. The summed E-state index contributed by atoms with van der Waals surface area (Å²) in [5, 5.41) is 1.03. The maximum atomic E-state index is 12.8. The van der Waals surface area contributed by atoms with E-state index in [0.29, 0.717) is 16.6 Å². The van der Waals surface area contributed by atoms with Crippen molar-refractivity contribution < 1.29 is 14.1 Å². The molecule has 4 rings (SSSR count). The predicted molar refractivity (Wildman–Crippen MR) is 114 cm³/mol. The molecule has 3 aromatic rings. The van der Waals surface area contributed by atoms with Crippen molar-refractivity contribution in [2.24, 2.45) is 0 Å². The van der Waals surface area contributed by atoms with E-state index in [9.17, 15) is 14.1 Å². The van der Waals surface area contributed by atoms with Crippen LogP contribution in [0.15, 0.2) is 48.5 Å². The third-order valence-corrected chi connectivity index (χ3v) is 5.53. The number of rotatable bonds is 4. The zero-order valence-corrected chi connectivity index (χ0v) is 17.2. The van der Waals surface area contributed by atoms with Crippen molar-refractivity contribution >= 4 is 45.7 Å². The van der Waals surface area contributed by atoms with Crippen LogP contribution >= 0.6 is 11.6 Å². The number of nitrogens with one attached hydrogen (secondary N) is 1. The zero-order chi connectivity index (χ0) is 20.5. The molecule has 148 valence electrons. The standard InChI is InChI=1S/C21H18ClN3O3S/c1-29(28)24-20(26)14-5-3-13(4-6-14)15-7-8-18-16(11-15)17(12-19(22)23-18)21(27)25-9-2-10-25/h3-8,11-12H,2,9-10H2,1H3,(H,24,26). The maximum absolute atomic E-state index is 12.8. The van der Waals surface area contributed by atoms with Gasteiger partial charge in [-0.2, -0.15) is 4.72 Å².